The summed E-state index contributed by atoms with van der Waals surface area (Å²) in [5.41, 5.74) is 1.06. The van der Waals surface area contributed by atoms with Crippen LogP contribution in [0.3, 0.4) is 0 Å². The molecular weight excluding hydrogens is 333 g/mol. The van der Waals surface area contributed by atoms with Gasteiger partial charge in [-0.2, -0.15) is 0 Å². The fraction of sp³-hybridized carbons (Fsp3) is 0.588. The first-order chi connectivity index (χ1) is 9.69. The molecule has 0 radical (unpaired) electrons. The normalized spacial score (nSPS) is 30.5. The highest BCUT2D eigenvalue weighted by atomic mass is 79.9. The number of fused-ring (bicyclic) bond motifs is 2. The summed E-state index contributed by atoms with van der Waals surface area (Å²) in [6, 6.07) is 4.60. The molecule has 1 heterocycles. The topological polar surface area (TPSA) is 20.3 Å². The molecule has 0 spiro atoms. The number of nitrogens with zero attached hydrogens (tertiary/aromatic N) is 1. The second-order valence-electron chi connectivity index (χ2n) is 7.77. The lowest BCUT2D eigenvalue weighted by molar-refractivity contribution is 0.0707. The van der Waals surface area contributed by atoms with E-state index in [-0.39, 0.29) is 22.6 Å². The van der Waals surface area contributed by atoms with Gasteiger partial charge in [0, 0.05) is 17.1 Å². The average molecular weight is 354 g/mol. The molecule has 1 saturated heterocycles. The average Bonchev–Trinajstić information content (AvgIpc) is 2.57. The van der Waals surface area contributed by atoms with Crippen LogP contribution in [0.25, 0.3) is 0 Å². The lowest BCUT2D eigenvalue weighted by atomic mass is 9.65. The summed E-state index contributed by atoms with van der Waals surface area (Å²) in [4.78, 5) is 14.9. The SMILES string of the molecule is CC1(C)CC2CC(C)(CN2C(=O)c2ccc(F)cc2Br)C1. The zero-order valence-electron chi connectivity index (χ0n) is 12.7. The maximum Gasteiger partial charge on any atom is 0.255 e. The summed E-state index contributed by atoms with van der Waals surface area (Å²) in [5, 5.41) is 0. The molecule has 3 rings (SSSR count). The Balaban J connectivity index is 1.90. The molecule has 1 aromatic rings. The van der Waals surface area contributed by atoms with Gasteiger partial charge in [-0.05, 0) is 64.2 Å². The van der Waals surface area contributed by atoms with E-state index >= 15 is 0 Å². The fourth-order valence-corrected chi connectivity index (χ4v) is 5.04. The molecule has 2 atom stereocenters. The molecule has 2 unspecified atom stereocenters. The van der Waals surface area contributed by atoms with Gasteiger partial charge in [0.25, 0.3) is 5.91 Å². The minimum Gasteiger partial charge on any atom is -0.335 e. The third kappa shape index (κ3) is 2.75. The van der Waals surface area contributed by atoms with Crippen LogP contribution in [0.5, 0.6) is 0 Å². The second kappa shape index (κ2) is 4.80. The van der Waals surface area contributed by atoms with Crippen molar-refractivity contribution in [3.63, 3.8) is 0 Å². The number of carbonyl (C=O) groups is 1. The van der Waals surface area contributed by atoms with Crippen molar-refractivity contribution in [1.82, 2.24) is 4.90 Å². The van der Waals surface area contributed by atoms with E-state index in [0.717, 1.165) is 25.8 Å². The molecule has 114 valence electrons. The van der Waals surface area contributed by atoms with Crippen molar-refractivity contribution in [2.24, 2.45) is 10.8 Å². The molecular formula is C17H21BrFNO. The van der Waals surface area contributed by atoms with Gasteiger partial charge < -0.3 is 4.90 Å². The number of amides is 1. The first kappa shape index (κ1) is 15.0. The van der Waals surface area contributed by atoms with Crippen molar-refractivity contribution in [2.75, 3.05) is 6.54 Å². The van der Waals surface area contributed by atoms with E-state index in [1.807, 2.05) is 4.90 Å². The number of likely N-dealkylation sites (tertiary alicyclic amines) is 1. The Labute approximate surface area is 133 Å². The van der Waals surface area contributed by atoms with E-state index in [9.17, 15) is 9.18 Å². The smallest absolute Gasteiger partial charge is 0.255 e. The molecule has 1 amide bonds. The molecule has 2 nitrogen and oxygen atoms in total. The molecule has 1 aliphatic heterocycles. The Morgan fingerprint density at radius 2 is 2.05 bits per heavy atom. The highest BCUT2D eigenvalue weighted by Gasteiger charge is 2.51. The Kier molecular flexibility index (Phi) is 3.43. The molecule has 0 N–H and O–H groups in total. The van der Waals surface area contributed by atoms with Crippen LogP contribution in [0.1, 0.15) is 50.4 Å². The lowest BCUT2D eigenvalue weighted by Crippen LogP contribution is -2.37. The summed E-state index contributed by atoms with van der Waals surface area (Å²) < 4.78 is 13.8. The van der Waals surface area contributed by atoms with Crippen molar-refractivity contribution in [1.29, 1.82) is 0 Å². The van der Waals surface area contributed by atoms with E-state index in [1.165, 1.54) is 12.1 Å². The van der Waals surface area contributed by atoms with Gasteiger partial charge in [0.15, 0.2) is 0 Å². The lowest BCUT2D eigenvalue weighted by Gasteiger charge is -2.39. The minimum absolute atomic E-state index is 0.0216. The van der Waals surface area contributed by atoms with Crippen LogP contribution >= 0.6 is 15.9 Å². The number of carbonyl (C=O) groups excluding carboxylic acids is 1. The molecule has 1 aliphatic carbocycles. The summed E-state index contributed by atoms with van der Waals surface area (Å²) in [5.74, 6) is -0.306. The van der Waals surface area contributed by atoms with E-state index in [1.54, 1.807) is 6.07 Å². The Morgan fingerprint density at radius 1 is 1.33 bits per heavy atom. The van der Waals surface area contributed by atoms with Gasteiger partial charge in [0.05, 0.1) is 5.56 Å². The van der Waals surface area contributed by atoms with E-state index in [0.29, 0.717) is 16.1 Å². The van der Waals surface area contributed by atoms with E-state index in [2.05, 4.69) is 36.7 Å². The van der Waals surface area contributed by atoms with Crippen LogP contribution in [0.4, 0.5) is 4.39 Å². The number of hydrogen-bond donors (Lipinski definition) is 0. The maximum absolute atomic E-state index is 13.2. The third-order valence-electron chi connectivity index (χ3n) is 4.84. The second-order valence-corrected chi connectivity index (χ2v) is 8.63. The van der Waals surface area contributed by atoms with Gasteiger partial charge in [0.1, 0.15) is 5.82 Å². The van der Waals surface area contributed by atoms with Crippen LogP contribution in [-0.2, 0) is 0 Å². The fourth-order valence-electron chi connectivity index (χ4n) is 4.51. The Hall–Kier alpha value is -0.900. The first-order valence-corrected chi connectivity index (χ1v) is 8.25. The molecule has 1 saturated carbocycles. The number of benzene rings is 1. The summed E-state index contributed by atoms with van der Waals surface area (Å²) in [7, 11) is 0. The number of halogens is 2. The predicted octanol–water partition coefficient (Wildman–Crippen LogP) is 4.63. The van der Waals surface area contributed by atoms with Crippen molar-refractivity contribution in [2.45, 2.75) is 46.1 Å². The van der Waals surface area contributed by atoms with Crippen molar-refractivity contribution < 1.29 is 9.18 Å². The summed E-state index contributed by atoms with van der Waals surface area (Å²) in [6.45, 7) is 7.68. The van der Waals surface area contributed by atoms with Crippen LogP contribution in [-0.4, -0.2) is 23.4 Å². The van der Waals surface area contributed by atoms with Gasteiger partial charge in [-0.1, -0.05) is 20.8 Å². The highest BCUT2D eigenvalue weighted by molar-refractivity contribution is 9.10. The van der Waals surface area contributed by atoms with Gasteiger partial charge in [0.2, 0.25) is 0 Å². The summed E-state index contributed by atoms with van der Waals surface area (Å²) >= 11 is 3.32. The number of rotatable bonds is 1. The highest BCUT2D eigenvalue weighted by Crippen LogP contribution is 2.52. The number of hydrogen-bond acceptors (Lipinski definition) is 1. The van der Waals surface area contributed by atoms with Crippen molar-refractivity contribution in [3.05, 3.63) is 34.1 Å². The molecule has 21 heavy (non-hydrogen) atoms. The Morgan fingerprint density at radius 3 is 2.71 bits per heavy atom. The standard InChI is InChI=1S/C17H21BrFNO/c1-16(2)7-12-8-17(3,9-16)10-20(12)15(21)13-5-4-11(19)6-14(13)18/h4-6,12H,7-10H2,1-3H3. The molecule has 2 fully saturated rings. The maximum atomic E-state index is 13.2. The van der Waals surface area contributed by atoms with E-state index < -0.39 is 0 Å². The first-order valence-electron chi connectivity index (χ1n) is 7.45. The van der Waals surface area contributed by atoms with Crippen molar-refractivity contribution in [3.8, 4) is 0 Å². The van der Waals surface area contributed by atoms with Crippen LogP contribution in [0, 0.1) is 16.6 Å². The molecule has 1 aromatic carbocycles. The Bertz CT molecular complexity index is 600. The molecule has 2 aliphatic rings. The largest absolute Gasteiger partial charge is 0.335 e. The zero-order valence-corrected chi connectivity index (χ0v) is 14.3. The van der Waals surface area contributed by atoms with E-state index in [4.69, 9.17) is 0 Å². The molecule has 0 aromatic heterocycles. The van der Waals surface area contributed by atoms with Gasteiger partial charge in [-0.25, -0.2) is 4.39 Å². The zero-order chi connectivity index (χ0) is 15.4. The van der Waals surface area contributed by atoms with Crippen LogP contribution < -0.4 is 0 Å². The van der Waals surface area contributed by atoms with Gasteiger partial charge in [-0.3, -0.25) is 4.79 Å². The van der Waals surface area contributed by atoms with Crippen LogP contribution in [0.15, 0.2) is 22.7 Å². The van der Waals surface area contributed by atoms with Crippen LogP contribution in [0.2, 0.25) is 0 Å². The van der Waals surface area contributed by atoms with Gasteiger partial charge >= 0.3 is 0 Å². The molecule has 2 bridgehead atoms. The van der Waals surface area contributed by atoms with Crippen molar-refractivity contribution >= 4 is 21.8 Å². The third-order valence-corrected chi connectivity index (χ3v) is 5.49. The monoisotopic (exact) mass is 353 g/mol. The van der Waals surface area contributed by atoms with Gasteiger partial charge in [-0.15, -0.1) is 0 Å². The molecule has 4 heteroatoms. The predicted molar refractivity (Wildman–Crippen MR) is 84.7 cm³/mol. The minimum atomic E-state index is -0.327. The summed E-state index contributed by atoms with van der Waals surface area (Å²) in [6.07, 6.45) is 3.29. The quantitative estimate of drug-likeness (QED) is 0.720.